The molecule has 162 valence electrons. The summed E-state index contributed by atoms with van der Waals surface area (Å²) in [6.07, 6.45) is 3.15. The van der Waals surface area contributed by atoms with Crippen molar-refractivity contribution in [2.75, 3.05) is 18.5 Å². The first-order valence-corrected chi connectivity index (χ1v) is 10.9. The Kier molecular flexibility index (Phi) is 5.92. The van der Waals surface area contributed by atoms with Crippen molar-refractivity contribution >= 4 is 23.2 Å². The minimum atomic E-state index is -0.292. The van der Waals surface area contributed by atoms with Gasteiger partial charge < -0.3 is 15.7 Å². The van der Waals surface area contributed by atoms with E-state index < -0.39 is 0 Å². The highest BCUT2D eigenvalue weighted by Gasteiger charge is 2.34. The van der Waals surface area contributed by atoms with E-state index in [-0.39, 0.29) is 47.8 Å². The zero-order chi connectivity index (χ0) is 22.1. The number of aliphatic hydroxyl groups excluding tert-OH is 1. The van der Waals surface area contributed by atoms with Crippen LogP contribution in [0.4, 0.5) is 5.69 Å². The largest absolute Gasteiger partial charge is 0.395 e. The van der Waals surface area contributed by atoms with Crippen molar-refractivity contribution in [2.45, 2.75) is 39.2 Å². The van der Waals surface area contributed by atoms with Crippen LogP contribution in [0.3, 0.4) is 0 Å². The normalized spacial score (nSPS) is 22.5. The molecule has 0 spiro atoms. The highest BCUT2D eigenvalue weighted by atomic mass is 16.3. The first-order chi connectivity index (χ1) is 14.9. The van der Waals surface area contributed by atoms with Crippen LogP contribution in [-0.2, 0) is 0 Å². The summed E-state index contributed by atoms with van der Waals surface area (Å²) >= 11 is 0. The van der Waals surface area contributed by atoms with Crippen LogP contribution in [0.15, 0.2) is 36.4 Å². The van der Waals surface area contributed by atoms with Crippen molar-refractivity contribution in [2.24, 2.45) is 11.8 Å². The summed E-state index contributed by atoms with van der Waals surface area (Å²) in [6, 6.07) is 9.96. The minimum absolute atomic E-state index is 0.0658. The van der Waals surface area contributed by atoms with Gasteiger partial charge in [0.1, 0.15) is 0 Å². The Morgan fingerprint density at radius 2 is 1.71 bits per heavy atom. The molecule has 6 nitrogen and oxygen atoms in total. The zero-order valence-electron chi connectivity index (χ0n) is 17.9. The van der Waals surface area contributed by atoms with Crippen molar-refractivity contribution in [3.05, 3.63) is 64.2 Å². The number of hydrogen-bond donors (Lipinski definition) is 3. The molecule has 3 unspecified atom stereocenters. The van der Waals surface area contributed by atoms with Crippen molar-refractivity contribution in [1.82, 2.24) is 5.32 Å². The summed E-state index contributed by atoms with van der Waals surface area (Å²) in [6.45, 7) is 4.36. The fourth-order valence-corrected chi connectivity index (χ4v) is 4.77. The number of hydrogen-bond acceptors (Lipinski definition) is 5. The van der Waals surface area contributed by atoms with Gasteiger partial charge in [-0.05, 0) is 30.4 Å². The topological polar surface area (TPSA) is 95.5 Å². The molecule has 2 aromatic carbocycles. The number of benzene rings is 2. The van der Waals surface area contributed by atoms with Gasteiger partial charge in [-0.1, -0.05) is 51.0 Å². The van der Waals surface area contributed by atoms with Crippen LogP contribution < -0.4 is 10.6 Å². The molecular formula is C25H28N2O4. The summed E-state index contributed by atoms with van der Waals surface area (Å²) in [5, 5.41) is 15.5. The van der Waals surface area contributed by atoms with Crippen LogP contribution in [-0.4, -0.2) is 41.8 Å². The quantitative estimate of drug-likeness (QED) is 0.588. The molecule has 0 heterocycles. The molecule has 0 bridgehead atoms. The van der Waals surface area contributed by atoms with E-state index in [0.29, 0.717) is 34.2 Å². The molecule has 31 heavy (non-hydrogen) atoms. The lowest BCUT2D eigenvalue weighted by molar-refractivity contribution is 0.0891. The number of rotatable bonds is 5. The van der Waals surface area contributed by atoms with Crippen molar-refractivity contribution in [1.29, 1.82) is 0 Å². The maximum atomic E-state index is 13.3. The van der Waals surface area contributed by atoms with E-state index in [0.717, 1.165) is 19.3 Å². The molecule has 2 aliphatic carbocycles. The van der Waals surface area contributed by atoms with E-state index in [1.807, 2.05) is 0 Å². The van der Waals surface area contributed by atoms with Crippen LogP contribution >= 0.6 is 0 Å². The van der Waals surface area contributed by atoms with Crippen LogP contribution in [0.5, 0.6) is 0 Å². The number of carbonyl (C=O) groups excluding carboxylic acids is 3. The average Bonchev–Trinajstić information content (AvgIpc) is 2.78. The van der Waals surface area contributed by atoms with E-state index in [1.165, 1.54) is 0 Å². The monoisotopic (exact) mass is 420 g/mol. The summed E-state index contributed by atoms with van der Waals surface area (Å²) in [7, 11) is 0. The molecule has 0 aromatic heterocycles. The number of fused-ring (bicyclic) bond motifs is 2. The second kappa shape index (κ2) is 8.63. The summed E-state index contributed by atoms with van der Waals surface area (Å²) < 4.78 is 0. The Morgan fingerprint density at radius 3 is 2.42 bits per heavy atom. The van der Waals surface area contributed by atoms with Crippen LogP contribution in [0.1, 0.15) is 75.3 Å². The number of nitrogens with one attached hydrogen (secondary N) is 2. The molecule has 1 saturated carbocycles. The summed E-state index contributed by atoms with van der Waals surface area (Å²) in [4.78, 5) is 39.6. The standard InChI is InChI=1S/C25H28N2O4/c1-14-6-5-9-20(15(14)2)27-25(31)19-11-10-18-21(22(19)26-12-13-28)24(30)17-8-4-3-7-16(17)23(18)29/h3-4,7-8,10-11,14-15,20,26,28H,5-6,9,12-13H2,1-2H3,(H,27,31). The fraction of sp³-hybridized carbons (Fsp3) is 0.400. The second-order valence-electron chi connectivity index (χ2n) is 8.61. The lowest BCUT2D eigenvalue weighted by atomic mass is 9.78. The lowest BCUT2D eigenvalue weighted by Crippen LogP contribution is -2.44. The molecule has 6 heteroatoms. The molecule has 4 rings (SSSR count). The molecule has 3 atom stereocenters. The van der Waals surface area contributed by atoms with Gasteiger partial charge in [-0.15, -0.1) is 0 Å². The van der Waals surface area contributed by atoms with Crippen LogP contribution in [0.25, 0.3) is 0 Å². The number of anilines is 1. The second-order valence-corrected chi connectivity index (χ2v) is 8.61. The predicted octanol–water partition coefficient (Wildman–Crippen LogP) is 3.42. The number of amides is 1. The van der Waals surface area contributed by atoms with E-state index >= 15 is 0 Å². The van der Waals surface area contributed by atoms with Gasteiger partial charge in [0.05, 0.1) is 23.4 Å². The SMILES string of the molecule is CC1CCCC(NC(=O)c2ccc3c(c2NCCO)C(=O)c2ccccc2C3=O)C1C. The van der Waals surface area contributed by atoms with Gasteiger partial charge >= 0.3 is 0 Å². The molecule has 1 fully saturated rings. The molecular weight excluding hydrogens is 392 g/mol. The Balaban J connectivity index is 1.75. The van der Waals surface area contributed by atoms with Gasteiger partial charge in [0, 0.05) is 29.3 Å². The first-order valence-electron chi connectivity index (χ1n) is 10.9. The Morgan fingerprint density at radius 1 is 1.00 bits per heavy atom. The maximum Gasteiger partial charge on any atom is 0.253 e. The lowest BCUT2D eigenvalue weighted by Gasteiger charge is -2.34. The third-order valence-electron chi connectivity index (χ3n) is 6.77. The molecule has 0 aliphatic heterocycles. The highest BCUT2D eigenvalue weighted by Crippen LogP contribution is 2.35. The van der Waals surface area contributed by atoms with E-state index in [1.54, 1.807) is 36.4 Å². The zero-order valence-corrected chi connectivity index (χ0v) is 17.9. The molecule has 0 radical (unpaired) electrons. The van der Waals surface area contributed by atoms with E-state index in [9.17, 15) is 19.5 Å². The van der Waals surface area contributed by atoms with Gasteiger partial charge in [-0.3, -0.25) is 14.4 Å². The van der Waals surface area contributed by atoms with Crippen molar-refractivity contribution < 1.29 is 19.5 Å². The van der Waals surface area contributed by atoms with Crippen molar-refractivity contribution in [3.63, 3.8) is 0 Å². The van der Waals surface area contributed by atoms with E-state index in [2.05, 4.69) is 24.5 Å². The molecule has 3 N–H and O–H groups in total. The molecule has 0 saturated heterocycles. The number of ketones is 2. The van der Waals surface area contributed by atoms with Gasteiger partial charge in [-0.2, -0.15) is 0 Å². The number of carbonyl (C=O) groups is 3. The highest BCUT2D eigenvalue weighted by molar-refractivity contribution is 6.31. The number of aliphatic hydroxyl groups is 1. The fourth-order valence-electron chi connectivity index (χ4n) is 4.77. The van der Waals surface area contributed by atoms with Gasteiger partial charge in [0.25, 0.3) is 5.91 Å². The Labute approximate surface area is 182 Å². The molecule has 2 aromatic rings. The Hall–Kier alpha value is -2.99. The summed E-state index contributed by atoms with van der Waals surface area (Å²) in [5.41, 5.74) is 1.82. The first kappa shape index (κ1) is 21.2. The smallest absolute Gasteiger partial charge is 0.253 e. The minimum Gasteiger partial charge on any atom is -0.395 e. The van der Waals surface area contributed by atoms with Gasteiger partial charge in [0.2, 0.25) is 0 Å². The van der Waals surface area contributed by atoms with Crippen LogP contribution in [0, 0.1) is 11.8 Å². The maximum absolute atomic E-state index is 13.3. The Bertz CT molecular complexity index is 1050. The van der Waals surface area contributed by atoms with Gasteiger partial charge in [0.15, 0.2) is 11.6 Å². The predicted molar refractivity (Wildman–Crippen MR) is 119 cm³/mol. The third-order valence-corrected chi connectivity index (χ3v) is 6.77. The molecule has 2 aliphatic rings. The third kappa shape index (κ3) is 3.76. The van der Waals surface area contributed by atoms with Crippen molar-refractivity contribution in [3.8, 4) is 0 Å². The summed E-state index contributed by atoms with van der Waals surface area (Å²) in [5.74, 6) is 0.0942. The van der Waals surface area contributed by atoms with Crippen LogP contribution in [0.2, 0.25) is 0 Å². The van der Waals surface area contributed by atoms with Gasteiger partial charge in [-0.25, -0.2) is 0 Å². The van der Waals surface area contributed by atoms with E-state index in [4.69, 9.17) is 0 Å². The molecule has 1 amide bonds. The average molecular weight is 421 g/mol.